The van der Waals surface area contributed by atoms with Crippen LogP contribution >= 0.6 is 0 Å². The molecule has 1 amide bonds. The number of unbranched alkanes of at least 4 members (excludes halogenated alkanes) is 2. The molecule has 2 nitrogen and oxygen atoms in total. The highest BCUT2D eigenvalue weighted by Gasteiger charge is 2.23. The van der Waals surface area contributed by atoms with E-state index < -0.39 is 0 Å². The van der Waals surface area contributed by atoms with Gasteiger partial charge in [0.05, 0.1) is 6.42 Å². The van der Waals surface area contributed by atoms with Gasteiger partial charge in [-0.3, -0.25) is 4.79 Å². The lowest BCUT2D eigenvalue weighted by Crippen LogP contribution is -2.46. The Morgan fingerprint density at radius 1 is 1.16 bits per heavy atom. The molecule has 0 radical (unpaired) electrons. The first-order valence-electron chi connectivity index (χ1n) is 7.44. The van der Waals surface area contributed by atoms with Gasteiger partial charge in [-0.05, 0) is 25.3 Å². The van der Waals surface area contributed by atoms with E-state index in [2.05, 4.69) is 26.1 Å². The molecular weight excluding hydrogens is 234 g/mol. The molecule has 0 saturated carbocycles. The molecule has 2 heteroatoms. The minimum absolute atomic E-state index is 0.0545. The highest BCUT2D eigenvalue weighted by atomic mass is 16.1. The first kappa shape index (κ1) is 15.7. The molecule has 0 spiro atoms. The summed E-state index contributed by atoms with van der Waals surface area (Å²) < 4.78 is 0. The molecule has 0 fully saturated rings. The summed E-state index contributed by atoms with van der Waals surface area (Å²) in [6.45, 7) is 6.51. The average Bonchev–Trinajstić information content (AvgIpc) is 2.40. The van der Waals surface area contributed by atoms with Crippen LogP contribution in [0.4, 0.5) is 0 Å². The molecule has 106 valence electrons. The van der Waals surface area contributed by atoms with Crippen molar-refractivity contribution in [1.82, 2.24) is 5.32 Å². The maximum atomic E-state index is 12.1. The molecule has 0 aliphatic carbocycles. The molecule has 1 rings (SSSR count). The summed E-state index contributed by atoms with van der Waals surface area (Å²) in [6, 6.07) is 9.92. The Morgan fingerprint density at radius 3 is 2.42 bits per heavy atom. The molecule has 1 N–H and O–H groups in total. The SMILES string of the molecule is CCCCCC(C)(CC)NC(=O)Cc1ccccc1. The van der Waals surface area contributed by atoms with E-state index in [9.17, 15) is 4.79 Å². The number of hydrogen-bond acceptors (Lipinski definition) is 1. The van der Waals surface area contributed by atoms with Crippen molar-refractivity contribution >= 4 is 5.91 Å². The predicted octanol–water partition coefficient (Wildman–Crippen LogP) is 4.09. The van der Waals surface area contributed by atoms with Crippen molar-refractivity contribution in [2.75, 3.05) is 0 Å². The van der Waals surface area contributed by atoms with Gasteiger partial charge in [0, 0.05) is 5.54 Å². The number of amides is 1. The summed E-state index contributed by atoms with van der Waals surface area (Å²) in [5, 5.41) is 3.21. The van der Waals surface area contributed by atoms with Crippen molar-refractivity contribution in [3.63, 3.8) is 0 Å². The third-order valence-corrected chi connectivity index (χ3v) is 3.76. The number of carbonyl (C=O) groups is 1. The number of carbonyl (C=O) groups excluding carboxylic acids is 1. The molecule has 0 aliphatic heterocycles. The summed E-state index contributed by atoms with van der Waals surface area (Å²) in [4.78, 5) is 12.1. The van der Waals surface area contributed by atoms with Crippen molar-refractivity contribution in [2.45, 2.75) is 64.8 Å². The molecule has 1 aromatic carbocycles. The molecule has 1 aromatic rings. The quantitative estimate of drug-likeness (QED) is 0.701. The molecule has 0 saturated heterocycles. The topological polar surface area (TPSA) is 29.1 Å². The molecule has 0 aromatic heterocycles. The first-order valence-corrected chi connectivity index (χ1v) is 7.44. The van der Waals surface area contributed by atoms with Crippen molar-refractivity contribution in [3.05, 3.63) is 35.9 Å². The minimum atomic E-state index is -0.0545. The highest BCUT2D eigenvalue weighted by Crippen LogP contribution is 2.18. The van der Waals surface area contributed by atoms with Crippen LogP contribution in [0.25, 0.3) is 0 Å². The summed E-state index contributed by atoms with van der Waals surface area (Å²) in [7, 11) is 0. The fourth-order valence-corrected chi connectivity index (χ4v) is 2.25. The summed E-state index contributed by atoms with van der Waals surface area (Å²) in [5.74, 6) is 0.132. The van der Waals surface area contributed by atoms with Gasteiger partial charge in [-0.2, -0.15) is 0 Å². The minimum Gasteiger partial charge on any atom is -0.351 e. The van der Waals surface area contributed by atoms with Crippen molar-refractivity contribution in [1.29, 1.82) is 0 Å². The van der Waals surface area contributed by atoms with Gasteiger partial charge in [0.2, 0.25) is 5.91 Å². The third kappa shape index (κ3) is 5.91. The van der Waals surface area contributed by atoms with Crippen LogP contribution in [0.1, 0.15) is 58.4 Å². The lowest BCUT2D eigenvalue weighted by molar-refractivity contribution is -0.122. The zero-order valence-corrected chi connectivity index (χ0v) is 12.5. The molecule has 0 bridgehead atoms. The van der Waals surface area contributed by atoms with Gasteiger partial charge in [-0.15, -0.1) is 0 Å². The standard InChI is InChI=1S/C17H27NO/c1-4-6-10-13-17(3,5-2)18-16(19)14-15-11-8-7-9-12-15/h7-9,11-12H,4-6,10,13-14H2,1-3H3,(H,18,19). The number of nitrogens with one attached hydrogen (secondary N) is 1. The predicted molar refractivity (Wildman–Crippen MR) is 81.1 cm³/mol. The Hall–Kier alpha value is -1.31. The number of hydrogen-bond donors (Lipinski definition) is 1. The van der Waals surface area contributed by atoms with E-state index >= 15 is 0 Å². The largest absolute Gasteiger partial charge is 0.351 e. The van der Waals surface area contributed by atoms with E-state index in [1.165, 1.54) is 19.3 Å². The molecule has 0 aliphatic rings. The van der Waals surface area contributed by atoms with Crippen molar-refractivity contribution in [2.24, 2.45) is 0 Å². The lowest BCUT2D eigenvalue weighted by Gasteiger charge is -2.30. The van der Waals surface area contributed by atoms with Crippen LogP contribution in [0.15, 0.2) is 30.3 Å². The van der Waals surface area contributed by atoms with Crippen LogP contribution in [-0.4, -0.2) is 11.4 Å². The third-order valence-electron chi connectivity index (χ3n) is 3.76. The lowest BCUT2D eigenvalue weighted by atomic mass is 9.91. The van der Waals surface area contributed by atoms with Gasteiger partial charge in [0.25, 0.3) is 0 Å². The number of rotatable bonds is 8. The maximum absolute atomic E-state index is 12.1. The van der Waals surface area contributed by atoms with E-state index in [-0.39, 0.29) is 11.4 Å². The molecular formula is C17H27NO. The summed E-state index contributed by atoms with van der Waals surface area (Å²) in [5.41, 5.74) is 1.02. The van der Waals surface area contributed by atoms with Crippen LogP contribution in [-0.2, 0) is 11.2 Å². The van der Waals surface area contributed by atoms with Gasteiger partial charge in [-0.1, -0.05) is 63.4 Å². The molecule has 19 heavy (non-hydrogen) atoms. The van der Waals surface area contributed by atoms with E-state index in [1.807, 2.05) is 30.3 Å². The van der Waals surface area contributed by atoms with Crippen molar-refractivity contribution < 1.29 is 4.79 Å². The Morgan fingerprint density at radius 2 is 1.84 bits per heavy atom. The van der Waals surface area contributed by atoms with Crippen LogP contribution in [0.5, 0.6) is 0 Å². The van der Waals surface area contributed by atoms with Gasteiger partial charge in [-0.25, -0.2) is 0 Å². The van der Waals surface area contributed by atoms with Crippen LogP contribution in [0, 0.1) is 0 Å². The summed E-state index contributed by atoms with van der Waals surface area (Å²) in [6.07, 6.45) is 6.17. The Balaban J connectivity index is 2.48. The van der Waals surface area contributed by atoms with Crippen LogP contribution < -0.4 is 5.32 Å². The average molecular weight is 261 g/mol. The zero-order valence-electron chi connectivity index (χ0n) is 12.5. The van der Waals surface area contributed by atoms with Crippen LogP contribution in [0.3, 0.4) is 0 Å². The van der Waals surface area contributed by atoms with E-state index in [0.29, 0.717) is 6.42 Å². The van der Waals surface area contributed by atoms with Crippen LogP contribution in [0.2, 0.25) is 0 Å². The van der Waals surface area contributed by atoms with Gasteiger partial charge < -0.3 is 5.32 Å². The Kier molecular flexibility index (Phi) is 6.61. The second-order valence-corrected chi connectivity index (χ2v) is 5.58. The zero-order chi connectivity index (χ0) is 14.1. The fraction of sp³-hybridized carbons (Fsp3) is 0.588. The first-order chi connectivity index (χ1) is 9.09. The maximum Gasteiger partial charge on any atom is 0.224 e. The fourth-order valence-electron chi connectivity index (χ4n) is 2.25. The Bertz CT molecular complexity index is 374. The molecule has 0 heterocycles. The van der Waals surface area contributed by atoms with Gasteiger partial charge in [0.1, 0.15) is 0 Å². The van der Waals surface area contributed by atoms with E-state index in [0.717, 1.165) is 18.4 Å². The summed E-state index contributed by atoms with van der Waals surface area (Å²) >= 11 is 0. The van der Waals surface area contributed by atoms with Gasteiger partial charge >= 0.3 is 0 Å². The Labute approximate surface area is 117 Å². The molecule has 1 atom stereocenters. The molecule has 1 unspecified atom stereocenters. The highest BCUT2D eigenvalue weighted by molar-refractivity contribution is 5.79. The number of benzene rings is 1. The smallest absolute Gasteiger partial charge is 0.224 e. The van der Waals surface area contributed by atoms with Gasteiger partial charge in [0.15, 0.2) is 0 Å². The second kappa shape index (κ2) is 7.98. The van der Waals surface area contributed by atoms with Crippen molar-refractivity contribution in [3.8, 4) is 0 Å². The van der Waals surface area contributed by atoms with E-state index in [4.69, 9.17) is 0 Å². The monoisotopic (exact) mass is 261 g/mol. The second-order valence-electron chi connectivity index (χ2n) is 5.58. The van der Waals surface area contributed by atoms with E-state index in [1.54, 1.807) is 0 Å². The normalized spacial score (nSPS) is 13.8.